The van der Waals surface area contributed by atoms with Crippen molar-refractivity contribution < 1.29 is 4.79 Å². The van der Waals surface area contributed by atoms with Gasteiger partial charge in [-0.25, -0.2) is 0 Å². The van der Waals surface area contributed by atoms with Gasteiger partial charge < -0.3 is 4.90 Å². The number of carbonyl (C=O) groups is 1. The van der Waals surface area contributed by atoms with Crippen LogP contribution in [0.15, 0.2) is 6.20 Å². The van der Waals surface area contributed by atoms with Crippen LogP contribution in [-0.4, -0.2) is 38.5 Å². The van der Waals surface area contributed by atoms with Crippen molar-refractivity contribution in [3.8, 4) is 0 Å². The molecule has 0 bridgehead atoms. The highest BCUT2D eigenvalue weighted by atomic mass is 79.9. The Hall–Kier alpha value is -0.840. The number of piperidine rings is 1. The first kappa shape index (κ1) is 11.6. The normalized spacial score (nSPS) is 21.2. The predicted octanol–water partition coefficient (Wildman–Crippen LogP) is 1.73. The smallest absolute Gasteiger partial charge is 0.257 e. The maximum absolute atomic E-state index is 12.2. The minimum absolute atomic E-state index is 0.106. The zero-order valence-electron chi connectivity index (χ0n) is 9.61. The number of carbonyl (C=O) groups excluding carboxylic acids is 1. The molecule has 0 aromatic carbocycles. The van der Waals surface area contributed by atoms with Gasteiger partial charge in [-0.3, -0.25) is 9.48 Å². The molecule has 4 nitrogen and oxygen atoms in total. The molecule has 1 aromatic rings. The SMILES string of the molecule is Cc1c(C(=O)N2CCCC(Br)C2)cnn1C. The molecule has 0 N–H and O–H groups in total. The van der Waals surface area contributed by atoms with Crippen LogP contribution >= 0.6 is 15.9 Å². The van der Waals surface area contributed by atoms with Crippen molar-refractivity contribution in [1.82, 2.24) is 14.7 Å². The van der Waals surface area contributed by atoms with Gasteiger partial charge in [0, 0.05) is 30.7 Å². The van der Waals surface area contributed by atoms with Gasteiger partial charge in [-0.15, -0.1) is 0 Å². The van der Waals surface area contributed by atoms with Gasteiger partial charge in [-0.2, -0.15) is 5.10 Å². The maximum atomic E-state index is 12.2. The number of aryl methyl sites for hydroxylation is 1. The molecule has 0 spiro atoms. The Balaban J connectivity index is 2.15. The number of hydrogen-bond donors (Lipinski definition) is 0. The number of halogens is 1. The topological polar surface area (TPSA) is 38.1 Å². The van der Waals surface area contributed by atoms with Gasteiger partial charge in [-0.1, -0.05) is 15.9 Å². The minimum Gasteiger partial charge on any atom is -0.337 e. The van der Waals surface area contributed by atoms with E-state index in [0.29, 0.717) is 4.83 Å². The van der Waals surface area contributed by atoms with Crippen molar-refractivity contribution in [2.75, 3.05) is 13.1 Å². The number of hydrogen-bond acceptors (Lipinski definition) is 2. The van der Waals surface area contributed by atoms with Crippen molar-refractivity contribution in [3.05, 3.63) is 17.5 Å². The van der Waals surface area contributed by atoms with Crippen LogP contribution in [0.25, 0.3) is 0 Å². The number of nitrogens with zero attached hydrogens (tertiary/aromatic N) is 3. The summed E-state index contributed by atoms with van der Waals surface area (Å²) in [6.07, 6.45) is 3.88. The standard InChI is InChI=1S/C11H16BrN3O/c1-8-10(6-13-14(8)2)11(16)15-5-3-4-9(12)7-15/h6,9H,3-5,7H2,1-2H3. The first-order valence-electron chi connectivity index (χ1n) is 5.51. The molecule has 5 heteroatoms. The van der Waals surface area contributed by atoms with E-state index < -0.39 is 0 Å². The molecule has 1 aromatic heterocycles. The summed E-state index contributed by atoms with van der Waals surface area (Å²) in [7, 11) is 1.86. The van der Waals surface area contributed by atoms with Gasteiger partial charge in [0.25, 0.3) is 5.91 Å². The van der Waals surface area contributed by atoms with Crippen LogP contribution < -0.4 is 0 Å². The Kier molecular flexibility index (Phi) is 3.33. The van der Waals surface area contributed by atoms with E-state index >= 15 is 0 Å². The number of amides is 1. The lowest BCUT2D eigenvalue weighted by Crippen LogP contribution is -2.40. The zero-order chi connectivity index (χ0) is 11.7. The zero-order valence-corrected chi connectivity index (χ0v) is 11.2. The molecule has 88 valence electrons. The van der Waals surface area contributed by atoms with Crippen LogP contribution in [0.3, 0.4) is 0 Å². The van der Waals surface area contributed by atoms with E-state index in [0.717, 1.165) is 37.2 Å². The van der Waals surface area contributed by atoms with E-state index in [9.17, 15) is 4.79 Å². The molecule has 0 saturated carbocycles. The van der Waals surface area contributed by atoms with E-state index in [1.165, 1.54) is 0 Å². The molecule has 1 unspecified atom stereocenters. The average molecular weight is 286 g/mol. The molecule has 0 aliphatic carbocycles. The van der Waals surface area contributed by atoms with E-state index in [1.54, 1.807) is 10.9 Å². The van der Waals surface area contributed by atoms with Crippen LogP contribution in [0.5, 0.6) is 0 Å². The van der Waals surface area contributed by atoms with Crippen molar-refractivity contribution in [1.29, 1.82) is 0 Å². The van der Waals surface area contributed by atoms with E-state index in [4.69, 9.17) is 0 Å². The second kappa shape index (κ2) is 4.57. The number of aromatic nitrogens is 2. The van der Waals surface area contributed by atoms with Gasteiger partial charge in [0.05, 0.1) is 11.8 Å². The minimum atomic E-state index is 0.106. The molecule has 0 radical (unpaired) electrons. The summed E-state index contributed by atoms with van der Waals surface area (Å²) in [5.74, 6) is 0.106. The highest BCUT2D eigenvalue weighted by molar-refractivity contribution is 9.09. The Morgan fingerprint density at radius 1 is 1.62 bits per heavy atom. The Bertz CT molecular complexity index is 402. The van der Waals surface area contributed by atoms with Crippen LogP contribution in [-0.2, 0) is 7.05 Å². The van der Waals surface area contributed by atoms with Gasteiger partial charge in [0.2, 0.25) is 0 Å². The van der Waals surface area contributed by atoms with Gasteiger partial charge >= 0.3 is 0 Å². The molecular weight excluding hydrogens is 270 g/mol. The Labute approximate surface area is 104 Å². The lowest BCUT2D eigenvalue weighted by atomic mass is 10.1. The van der Waals surface area contributed by atoms with Crippen molar-refractivity contribution in [3.63, 3.8) is 0 Å². The fraction of sp³-hybridized carbons (Fsp3) is 0.636. The van der Waals surface area contributed by atoms with Gasteiger partial charge in [-0.05, 0) is 19.8 Å². The Morgan fingerprint density at radius 2 is 2.38 bits per heavy atom. The first-order chi connectivity index (χ1) is 7.59. The largest absolute Gasteiger partial charge is 0.337 e. The molecule has 2 rings (SSSR count). The van der Waals surface area contributed by atoms with Gasteiger partial charge in [0.15, 0.2) is 0 Å². The fourth-order valence-electron chi connectivity index (χ4n) is 1.99. The molecular formula is C11H16BrN3O. The second-order valence-electron chi connectivity index (χ2n) is 4.26. The van der Waals surface area contributed by atoms with E-state index in [1.807, 2.05) is 18.9 Å². The summed E-state index contributed by atoms with van der Waals surface area (Å²) in [5.41, 5.74) is 1.66. The summed E-state index contributed by atoms with van der Waals surface area (Å²) in [4.78, 5) is 14.6. The molecule has 2 heterocycles. The number of likely N-dealkylation sites (tertiary alicyclic amines) is 1. The number of alkyl halides is 1. The summed E-state index contributed by atoms with van der Waals surface area (Å²) < 4.78 is 1.74. The molecule has 1 amide bonds. The quantitative estimate of drug-likeness (QED) is 0.737. The number of rotatable bonds is 1. The van der Waals surface area contributed by atoms with Crippen molar-refractivity contribution >= 4 is 21.8 Å². The molecule has 1 aliphatic rings. The van der Waals surface area contributed by atoms with Crippen LogP contribution in [0.2, 0.25) is 0 Å². The van der Waals surface area contributed by atoms with E-state index in [2.05, 4.69) is 21.0 Å². The van der Waals surface area contributed by atoms with Crippen molar-refractivity contribution in [2.24, 2.45) is 7.05 Å². The predicted molar refractivity (Wildman–Crippen MR) is 65.8 cm³/mol. The summed E-state index contributed by atoms with van der Waals surface area (Å²) in [6.45, 7) is 3.58. The second-order valence-corrected chi connectivity index (χ2v) is 5.55. The van der Waals surface area contributed by atoms with Crippen LogP contribution in [0.4, 0.5) is 0 Å². The van der Waals surface area contributed by atoms with Crippen LogP contribution in [0.1, 0.15) is 28.9 Å². The maximum Gasteiger partial charge on any atom is 0.257 e. The van der Waals surface area contributed by atoms with Crippen molar-refractivity contribution in [2.45, 2.75) is 24.6 Å². The molecule has 1 aliphatic heterocycles. The lowest BCUT2D eigenvalue weighted by Gasteiger charge is -2.29. The van der Waals surface area contributed by atoms with E-state index in [-0.39, 0.29) is 5.91 Å². The molecule has 1 fully saturated rings. The third-order valence-corrected chi connectivity index (χ3v) is 3.86. The molecule has 1 atom stereocenters. The third kappa shape index (κ3) is 2.14. The van der Waals surface area contributed by atoms with Crippen LogP contribution in [0, 0.1) is 6.92 Å². The summed E-state index contributed by atoms with van der Waals surface area (Å²) in [6, 6.07) is 0. The lowest BCUT2D eigenvalue weighted by molar-refractivity contribution is 0.0729. The average Bonchev–Trinajstić information content (AvgIpc) is 2.59. The summed E-state index contributed by atoms with van der Waals surface area (Å²) in [5, 5.41) is 4.11. The molecule has 1 saturated heterocycles. The monoisotopic (exact) mass is 285 g/mol. The third-order valence-electron chi connectivity index (χ3n) is 3.12. The highest BCUT2D eigenvalue weighted by Gasteiger charge is 2.24. The molecule has 16 heavy (non-hydrogen) atoms. The first-order valence-corrected chi connectivity index (χ1v) is 6.43. The highest BCUT2D eigenvalue weighted by Crippen LogP contribution is 2.19. The summed E-state index contributed by atoms with van der Waals surface area (Å²) >= 11 is 3.58. The van der Waals surface area contributed by atoms with Gasteiger partial charge in [0.1, 0.15) is 0 Å². The fourth-order valence-corrected chi connectivity index (χ4v) is 2.66. The Morgan fingerprint density at radius 3 is 2.94 bits per heavy atom.